The van der Waals surface area contributed by atoms with E-state index in [1.54, 1.807) is 0 Å². The van der Waals surface area contributed by atoms with E-state index in [4.69, 9.17) is 0 Å². The predicted octanol–water partition coefficient (Wildman–Crippen LogP) is 3.45. The van der Waals surface area contributed by atoms with E-state index >= 15 is 0 Å². The minimum Gasteiger partial charge on any atom is -0.359 e. The molecule has 0 unspecified atom stereocenters. The number of rotatable bonds is 4. The van der Waals surface area contributed by atoms with Crippen molar-refractivity contribution in [2.45, 2.75) is 24.7 Å². The highest BCUT2D eigenvalue weighted by atomic mass is 79.9. The van der Waals surface area contributed by atoms with E-state index in [9.17, 15) is 4.79 Å². The van der Waals surface area contributed by atoms with E-state index in [1.165, 1.54) is 52.9 Å². The first-order chi connectivity index (χ1) is 11.2. The maximum atomic E-state index is 11.7. The molecule has 2 aromatic heterocycles. The molecule has 0 radical (unpaired) electrons. The lowest BCUT2D eigenvalue weighted by Gasteiger charge is -2.42. The molecule has 1 N–H and O–H groups in total. The van der Waals surface area contributed by atoms with Crippen LogP contribution < -0.4 is 10.9 Å². The van der Waals surface area contributed by atoms with Crippen LogP contribution in [0.15, 0.2) is 45.8 Å². The highest BCUT2D eigenvalue weighted by Crippen LogP contribution is 2.44. The quantitative estimate of drug-likeness (QED) is 0.740. The summed E-state index contributed by atoms with van der Waals surface area (Å²) in [7, 11) is 0. The second kappa shape index (κ2) is 5.72. The molecule has 0 aliphatic heterocycles. The Morgan fingerprint density at radius 3 is 2.70 bits per heavy atom. The zero-order valence-electron chi connectivity index (χ0n) is 12.3. The standard InChI is InChI=1S/C16H15BrN4OS/c17-12-4-2-11(3-5-12)16(7-1-8-16)10-19-14-20-21-13(22)6-9-18-15(21)23-14/h2-6,9H,1,7-8,10H2,(H,19,20). The molecule has 1 aliphatic carbocycles. The Kier molecular flexibility index (Phi) is 3.69. The van der Waals surface area contributed by atoms with E-state index in [0.29, 0.717) is 4.96 Å². The fourth-order valence-electron chi connectivity index (χ4n) is 3.03. The second-order valence-electron chi connectivity index (χ2n) is 5.88. The fourth-order valence-corrected chi connectivity index (χ4v) is 4.07. The number of aromatic nitrogens is 3. The van der Waals surface area contributed by atoms with Crippen LogP contribution in [-0.4, -0.2) is 21.1 Å². The third kappa shape index (κ3) is 2.68. The number of nitrogens with one attached hydrogen (secondary N) is 1. The summed E-state index contributed by atoms with van der Waals surface area (Å²) in [4.78, 5) is 16.5. The van der Waals surface area contributed by atoms with Crippen LogP contribution in [0.25, 0.3) is 4.96 Å². The first-order valence-electron chi connectivity index (χ1n) is 7.51. The summed E-state index contributed by atoms with van der Waals surface area (Å²) in [5, 5.41) is 8.48. The molecule has 0 saturated heterocycles. The van der Waals surface area contributed by atoms with Gasteiger partial charge in [0.1, 0.15) is 0 Å². The zero-order valence-corrected chi connectivity index (χ0v) is 14.7. The molecule has 1 saturated carbocycles. The van der Waals surface area contributed by atoms with Crippen LogP contribution in [0.2, 0.25) is 0 Å². The van der Waals surface area contributed by atoms with Crippen molar-refractivity contribution >= 4 is 37.4 Å². The van der Waals surface area contributed by atoms with Crippen LogP contribution in [0.5, 0.6) is 0 Å². The van der Waals surface area contributed by atoms with Crippen molar-refractivity contribution in [3.8, 4) is 0 Å². The van der Waals surface area contributed by atoms with E-state index in [0.717, 1.165) is 16.1 Å². The van der Waals surface area contributed by atoms with Gasteiger partial charge in [0.05, 0.1) is 0 Å². The van der Waals surface area contributed by atoms with Gasteiger partial charge in [0.15, 0.2) is 0 Å². The summed E-state index contributed by atoms with van der Waals surface area (Å²) in [6.45, 7) is 0.823. The van der Waals surface area contributed by atoms with Gasteiger partial charge >= 0.3 is 0 Å². The smallest absolute Gasteiger partial charge is 0.275 e. The number of halogens is 1. The van der Waals surface area contributed by atoms with Crippen molar-refractivity contribution in [3.63, 3.8) is 0 Å². The SMILES string of the molecule is O=c1ccnc2sc(NCC3(c4ccc(Br)cc4)CCC3)nn12. The fraction of sp³-hybridized carbons (Fsp3) is 0.312. The van der Waals surface area contributed by atoms with Crippen molar-refractivity contribution in [1.29, 1.82) is 0 Å². The highest BCUT2D eigenvalue weighted by molar-refractivity contribution is 9.10. The van der Waals surface area contributed by atoms with Gasteiger partial charge in [-0.2, -0.15) is 4.52 Å². The summed E-state index contributed by atoms with van der Waals surface area (Å²) < 4.78 is 2.44. The van der Waals surface area contributed by atoms with Gasteiger partial charge in [-0.1, -0.05) is 45.8 Å². The van der Waals surface area contributed by atoms with Gasteiger partial charge in [-0.05, 0) is 30.5 Å². The summed E-state index contributed by atoms with van der Waals surface area (Å²) in [6, 6.07) is 9.99. The average Bonchev–Trinajstić information content (AvgIpc) is 2.92. The number of hydrogen-bond donors (Lipinski definition) is 1. The zero-order chi connectivity index (χ0) is 15.9. The number of benzene rings is 1. The molecule has 1 aromatic carbocycles. The normalized spacial score (nSPS) is 16.2. The lowest BCUT2D eigenvalue weighted by Crippen LogP contribution is -2.40. The Morgan fingerprint density at radius 2 is 2.04 bits per heavy atom. The maximum absolute atomic E-state index is 11.7. The number of nitrogens with zero attached hydrogens (tertiary/aromatic N) is 3. The van der Waals surface area contributed by atoms with E-state index in [2.05, 4.69) is 55.6 Å². The van der Waals surface area contributed by atoms with Gasteiger partial charge in [-0.25, -0.2) is 4.98 Å². The second-order valence-corrected chi connectivity index (χ2v) is 7.75. The molecular weight excluding hydrogens is 376 g/mol. The number of hydrogen-bond acceptors (Lipinski definition) is 5. The molecule has 0 atom stereocenters. The predicted molar refractivity (Wildman–Crippen MR) is 95.3 cm³/mol. The van der Waals surface area contributed by atoms with Gasteiger partial charge in [0, 0.05) is 28.7 Å². The lowest BCUT2D eigenvalue weighted by atomic mass is 9.64. The third-order valence-corrected chi connectivity index (χ3v) is 5.92. The molecule has 4 rings (SSSR count). The van der Waals surface area contributed by atoms with Crippen LogP contribution >= 0.6 is 27.3 Å². The Morgan fingerprint density at radius 1 is 1.26 bits per heavy atom. The molecule has 118 valence electrons. The molecule has 0 spiro atoms. The summed E-state index contributed by atoms with van der Waals surface area (Å²) >= 11 is 4.90. The van der Waals surface area contributed by atoms with Crippen LogP contribution in [0, 0.1) is 0 Å². The Labute approximate surface area is 145 Å². The van der Waals surface area contributed by atoms with Crippen molar-refractivity contribution < 1.29 is 0 Å². The largest absolute Gasteiger partial charge is 0.359 e. The first kappa shape index (κ1) is 14.8. The summed E-state index contributed by atoms with van der Waals surface area (Å²) in [5.41, 5.74) is 1.37. The molecule has 23 heavy (non-hydrogen) atoms. The monoisotopic (exact) mass is 390 g/mol. The number of fused-ring (bicyclic) bond motifs is 1. The van der Waals surface area contributed by atoms with E-state index in [-0.39, 0.29) is 11.0 Å². The van der Waals surface area contributed by atoms with Crippen LogP contribution in [0.3, 0.4) is 0 Å². The molecule has 0 amide bonds. The Balaban J connectivity index is 1.57. The number of anilines is 1. The van der Waals surface area contributed by atoms with Crippen molar-refractivity contribution in [1.82, 2.24) is 14.6 Å². The molecule has 5 nitrogen and oxygen atoms in total. The lowest BCUT2D eigenvalue weighted by molar-refractivity contribution is 0.260. The first-order valence-corrected chi connectivity index (χ1v) is 9.12. The average molecular weight is 391 g/mol. The van der Waals surface area contributed by atoms with Gasteiger partial charge in [-0.15, -0.1) is 5.10 Å². The summed E-state index contributed by atoms with van der Waals surface area (Å²) in [6.07, 6.45) is 5.11. The molecule has 1 aliphatic rings. The third-order valence-electron chi connectivity index (χ3n) is 4.52. The van der Waals surface area contributed by atoms with E-state index < -0.39 is 0 Å². The summed E-state index contributed by atoms with van der Waals surface area (Å²) in [5.74, 6) is 0. The minimum absolute atomic E-state index is 0.148. The maximum Gasteiger partial charge on any atom is 0.275 e. The van der Waals surface area contributed by atoms with Crippen molar-refractivity contribution in [3.05, 3.63) is 56.9 Å². The Bertz CT molecular complexity index is 898. The van der Waals surface area contributed by atoms with Gasteiger partial charge in [0.25, 0.3) is 5.56 Å². The van der Waals surface area contributed by atoms with Crippen molar-refractivity contribution in [2.75, 3.05) is 11.9 Å². The van der Waals surface area contributed by atoms with Crippen LogP contribution in [0.4, 0.5) is 5.13 Å². The van der Waals surface area contributed by atoms with Crippen LogP contribution in [0.1, 0.15) is 24.8 Å². The highest BCUT2D eigenvalue weighted by Gasteiger charge is 2.38. The molecule has 7 heteroatoms. The topological polar surface area (TPSA) is 59.3 Å². The van der Waals surface area contributed by atoms with Gasteiger partial charge < -0.3 is 5.32 Å². The van der Waals surface area contributed by atoms with Crippen molar-refractivity contribution in [2.24, 2.45) is 0 Å². The Hall–Kier alpha value is -1.73. The van der Waals surface area contributed by atoms with Gasteiger partial charge in [0.2, 0.25) is 10.1 Å². The molecule has 0 bridgehead atoms. The molecule has 2 heterocycles. The minimum atomic E-state index is -0.148. The van der Waals surface area contributed by atoms with Crippen LogP contribution in [-0.2, 0) is 5.41 Å². The molecule has 3 aromatic rings. The molecule has 1 fully saturated rings. The van der Waals surface area contributed by atoms with E-state index in [1.807, 2.05) is 0 Å². The van der Waals surface area contributed by atoms with Gasteiger partial charge in [-0.3, -0.25) is 4.79 Å². The molecular formula is C16H15BrN4OS.